The third-order valence-electron chi connectivity index (χ3n) is 5.52. The van der Waals surface area contributed by atoms with Crippen molar-refractivity contribution in [2.75, 3.05) is 32.0 Å². The fourth-order valence-electron chi connectivity index (χ4n) is 3.68. The van der Waals surface area contributed by atoms with E-state index in [2.05, 4.69) is 17.2 Å². The smallest absolute Gasteiger partial charge is 0.257 e. The van der Waals surface area contributed by atoms with Gasteiger partial charge >= 0.3 is 0 Å². The summed E-state index contributed by atoms with van der Waals surface area (Å²) in [6.45, 7) is 3.92. The summed E-state index contributed by atoms with van der Waals surface area (Å²) in [6, 6.07) is 9.66. The Labute approximate surface area is 177 Å². The number of halogens is 1. The van der Waals surface area contributed by atoms with Crippen LogP contribution in [0.3, 0.4) is 0 Å². The van der Waals surface area contributed by atoms with E-state index in [1.54, 1.807) is 41.4 Å². The number of likely N-dealkylation sites (tertiary alicyclic amines) is 1. The maximum Gasteiger partial charge on any atom is 0.257 e. The highest BCUT2D eigenvalue weighted by Crippen LogP contribution is 2.25. The van der Waals surface area contributed by atoms with E-state index >= 15 is 0 Å². The number of nitrogens with zero attached hydrogens (tertiary/aromatic N) is 3. The number of unbranched alkanes of at least 4 members (excludes halogenated alkanes) is 1. The molecule has 0 saturated carbocycles. The third-order valence-corrected chi connectivity index (χ3v) is 5.52. The second-order valence-electron chi connectivity index (χ2n) is 7.68. The molecule has 0 bridgehead atoms. The van der Waals surface area contributed by atoms with Crippen molar-refractivity contribution in [3.63, 3.8) is 0 Å². The van der Waals surface area contributed by atoms with Crippen LogP contribution in [-0.2, 0) is 4.79 Å². The number of carbonyl (C=O) groups excluding carboxylic acids is 2. The Morgan fingerprint density at radius 2 is 1.93 bits per heavy atom. The predicted octanol–water partition coefficient (Wildman–Crippen LogP) is 4.08. The summed E-state index contributed by atoms with van der Waals surface area (Å²) in [5.41, 5.74) is 0.662. The highest BCUT2D eigenvalue weighted by molar-refractivity contribution is 5.99. The van der Waals surface area contributed by atoms with Gasteiger partial charge in [-0.3, -0.25) is 9.59 Å². The van der Waals surface area contributed by atoms with Crippen LogP contribution in [0.25, 0.3) is 0 Å². The molecule has 3 rings (SSSR count). The van der Waals surface area contributed by atoms with Crippen molar-refractivity contribution in [1.82, 2.24) is 14.8 Å². The van der Waals surface area contributed by atoms with E-state index in [9.17, 15) is 14.0 Å². The minimum Gasteiger partial charge on any atom is -0.346 e. The van der Waals surface area contributed by atoms with E-state index in [1.165, 1.54) is 6.07 Å². The van der Waals surface area contributed by atoms with Gasteiger partial charge in [-0.2, -0.15) is 0 Å². The molecule has 160 valence electrons. The molecular formula is C23H29FN4O2. The van der Waals surface area contributed by atoms with Gasteiger partial charge in [0.05, 0.1) is 11.3 Å². The first kappa shape index (κ1) is 21.7. The molecule has 30 heavy (non-hydrogen) atoms. The molecule has 0 radical (unpaired) electrons. The van der Waals surface area contributed by atoms with Crippen LogP contribution in [0.15, 0.2) is 42.6 Å². The number of amides is 2. The number of aromatic nitrogens is 1. The molecule has 1 fully saturated rings. The fraction of sp³-hybridized carbons (Fsp3) is 0.435. The lowest BCUT2D eigenvalue weighted by molar-refractivity contribution is -0.135. The van der Waals surface area contributed by atoms with Crippen molar-refractivity contribution in [3.8, 4) is 0 Å². The molecule has 2 heterocycles. The lowest BCUT2D eigenvalue weighted by Crippen LogP contribution is -2.43. The second-order valence-corrected chi connectivity index (χ2v) is 7.68. The van der Waals surface area contributed by atoms with Crippen molar-refractivity contribution >= 4 is 23.3 Å². The second kappa shape index (κ2) is 10.2. The molecule has 0 aliphatic carbocycles. The monoisotopic (exact) mass is 412 g/mol. The lowest BCUT2D eigenvalue weighted by atomic mass is 9.95. The molecule has 1 aromatic heterocycles. The largest absolute Gasteiger partial charge is 0.346 e. The zero-order valence-corrected chi connectivity index (χ0v) is 17.6. The summed E-state index contributed by atoms with van der Waals surface area (Å²) in [5, 5.41) is 2.93. The van der Waals surface area contributed by atoms with Gasteiger partial charge in [0.15, 0.2) is 0 Å². The van der Waals surface area contributed by atoms with Crippen LogP contribution in [0, 0.1) is 11.7 Å². The van der Waals surface area contributed by atoms with Crippen molar-refractivity contribution in [1.29, 1.82) is 0 Å². The molecule has 7 heteroatoms. The fourth-order valence-corrected chi connectivity index (χ4v) is 3.68. The van der Waals surface area contributed by atoms with Gasteiger partial charge in [0, 0.05) is 38.8 Å². The van der Waals surface area contributed by atoms with Gasteiger partial charge in [-0.15, -0.1) is 0 Å². The van der Waals surface area contributed by atoms with Gasteiger partial charge in [0.2, 0.25) is 5.91 Å². The zero-order valence-electron chi connectivity index (χ0n) is 17.6. The van der Waals surface area contributed by atoms with Crippen molar-refractivity contribution < 1.29 is 14.0 Å². The van der Waals surface area contributed by atoms with Crippen LogP contribution in [0.5, 0.6) is 0 Å². The van der Waals surface area contributed by atoms with Crippen LogP contribution in [-0.4, -0.2) is 53.3 Å². The molecule has 0 atom stereocenters. The van der Waals surface area contributed by atoms with Gasteiger partial charge in [-0.1, -0.05) is 25.5 Å². The SMILES string of the molecule is CCCCN(C)C(=O)C1CCN(C(=O)c2cccnc2Nc2ccccc2F)CC1. The Hall–Kier alpha value is -2.96. The highest BCUT2D eigenvalue weighted by atomic mass is 19.1. The first-order valence-corrected chi connectivity index (χ1v) is 10.5. The number of para-hydroxylation sites is 1. The van der Waals surface area contributed by atoms with E-state index < -0.39 is 5.82 Å². The number of rotatable bonds is 7. The van der Waals surface area contributed by atoms with Gasteiger partial charge < -0.3 is 15.1 Å². The van der Waals surface area contributed by atoms with E-state index in [4.69, 9.17) is 0 Å². The van der Waals surface area contributed by atoms with Gasteiger partial charge in [0.1, 0.15) is 11.6 Å². The Balaban J connectivity index is 1.64. The minimum atomic E-state index is -0.409. The maximum absolute atomic E-state index is 14.0. The van der Waals surface area contributed by atoms with Gasteiger partial charge in [-0.25, -0.2) is 9.37 Å². The summed E-state index contributed by atoms with van der Waals surface area (Å²) in [4.78, 5) is 33.5. The topological polar surface area (TPSA) is 65.5 Å². The molecule has 1 N–H and O–H groups in total. The Morgan fingerprint density at radius 3 is 2.63 bits per heavy atom. The number of pyridine rings is 1. The molecule has 2 aromatic rings. The summed E-state index contributed by atoms with van der Waals surface area (Å²) in [7, 11) is 1.85. The maximum atomic E-state index is 14.0. The van der Waals surface area contributed by atoms with Gasteiger partial charge in [-0.05, 0) is 43.5 Å². The highest BCUT2D eigenvalue weighted by Gasteiger charge is 2.30. The molecule has 1 aliphatic rings. The minimum absolute atomic E-state index is 0.0409. The van der Waals surface area contributed by atoms with E-state index in [1.807, 2.05) is 11.9 Å². The normalized spacial score (nSPS) is 14.4. The van der Waals surface area contributed by atoms with Crippen LogP contribution >= 0.6 is 0 Å². The summed E-state index contributed by atoms with van der Waals surface area (Å²) < 4.78 is 14.0. The summed E-state index contributed by atoms with van der Waals surface area (Å²) >= 11 is 0. The van der Waals surface area contributed by atoms with E-state index in [0.717, 1.165) is 19.4 Å². The first-order valence-electron chi connectivity index (χ1n) is 10.5. The Morgan fingerprint density at radius 1 is 1.20 bits per heavy atom. The van der Waals surface area contributed by atoms with Crippen LogP contribution in [0.2, 0.25) is 0 Å². The number of nitrogens with one attached hydrogen (secondary N) is 1. The Kier molecular flexibility index (Phi) is 7.38. The number of anilines is 2. The molecule has 1 aromatic carbocycles. The molecule has 2 amide bonds. The number of hydrogen-bond donors (Lipinski definition) is 1. The molecular weight excluding hydrogens is 383 g/mol. The zero-order chi connectivity index (χ0) is 21.5. The van der Waals surface area contributed by atoms with Crippen molar-refractivity contribution in [2.45, 2.75) is 32.6 Å². The predicted molar refractivity (Wildman–Crippen MR) is 115 cm³/mol. The number of piperidine rings is 1. The Bertz CT molecular complexity index is 881. The van der Waals surface area contributed by atoms with E-state index in [-0.39, 0.29) is 23.4 Å². The van der Waals surface area contributed by atoms with Crippen LogP contribution in [0.4, 0.5) is 15.9 Å². The van der Waals surface area contributed by atoms with E-state index in [0.29, 0.717) is 37.3 Å². The number of carbonyl (C=O) groups is 2. The summed E-state index contributed by atoms with van der Waals surface area (Å²) in [6.07, 6.45) is 4.92. The lowest BCUT2D eigenvalue weighted by Gasteiger charge is -2.33. The molecule has 1 aliphatic heterocycles. The average molecular weight is 413 g/mol. The molecule has 0 unspecified atom stereocenters. The van der Waals surface area contributed by atoms with Crippen molar-refractivity contribution in [3.05, 3.63) is 54.0 Å². The molecule has 0 spiro atoms. The molecule has 6 nitrogen and oxygen atoms in total. The standard InChI is InChI=1S/C23H29FN4O2/c1-3-4-14-27(2)22(29)17-11-15-28(16-12-17)23(30)18-8-7-13-25-21(18)26-20-10-6-5-9-19(20)24/h5-10,13,17H,3-4,11-12,14-16H2,1-2H3,(H,25,26). The molecule has 1 saturated heterocycles. The number of hydrogen-bond acceptors (Lipinski definition) is 4. The average Bonchev–Trinajstić information content (AvgIpc) is 2.78. The van der Waals surface area contributed by atoms with Gasteiger partial charge in [0.25, 0.3) is 5.91 Å². The third kappa shape index (κ3) is 5.14. The van der Waals surface area contributed by atoms with Crippen molar-refractivity contribution in [2.24, 2.45) is 5.92 Å². The van der Waals surface area contributed by atoms with Crippen LogP contribution < -0.4 is 5.32 Å². The summed E-state index contributed by atoms with van der Waals surface area (Å²) in [5.74, 6) is -0.120. The number of benzene rings is 1. The van der Waals surface area contributed by atoms with Crippen LogP contribution in [0.1, 0.15) is 43.0 Å². The first-order chi connectivity index (χ1) is 14.5. The quantitative estimate of drug-likeness (QED) is 0.744.